The topological polar surface area (TPSA) is 211 Å². The minimum absolute atomic E-state index is 0.0790. The number of hydrogen-bond acceptors (Lipinski definition) is 10. The third kappa shape index (κ3) is 8.06. The Morgan fingerprint density at radius 1 is 0.933 bits per heavy atom. The predicted octanol–water partition coefficient (Wildman–Crippen LogP) is 2.95. The molecule has 1 heterocycles. The number of carbonyl (C=O) groups is 4. The van der Waals surface area contributed by atoms with Crippen molar-refractivity contribution in [3.63, 3.8) is 0 Å². The summed E-state index contributed by atoms with van der Waals surface area (Å²) in [6, 6.07) is 14.1. The number of benzene rings is 2. The van der Waals surface area contributed by atoms with Gasteiger partial charge in [0.25, 0.3) is 0 Å². The molecule has 0 aliphatic rings. The number of aromatic hydroxyl groups is 2. The van der Waals surface area contributed by atoms with Crippen LogP contribution in [-0.2, 0) is 35.1 Å². The zero-order valence-corrected chi connectivity index (χ0v) is 25.8. The number of nitrogens with zero attached hydrogens (tertiary/aromatic N) is 2. The second-order valence-electron chi connectivity index (χ2n) is 11.1. The summed E-state index contributed by atoms with van der Waals surface area (Å²) in [6.45, 7) is 7.74. The molecule has 3 rings (SSSR count). The number of amidine groups is 1. The van der Waals surface area contributed by atoms with Crippen molar-refractivity contribution in [1.29, 1.82) is 5.41 Å². The van der Waals surface area contributed by atoms with E-state index in [1.165, 1.54) is 18.2 Å². The molecule has 1 amide bonds. The molecular formula is C32H39N5O8. The largest absolute Gasteiger partial charge is 0.494 e. The fourth-order valence-corrected chi connectivity index (χ4v) is 4.87. The lowest BCUT2D eigenvalue weighted by molar-refractivity contribution is -0.169. The van der Waals surface area contributed by atoms with Crippen molar-refractivity contribution in [1.82, 2.24) is 4.57 Å². The first-order valence-electron chi connectivity index (χ1n) is 14.3. The van der Waals surface area contributed by atoms with Gasteiger partial charge < -0.3 is 31.2 Å². The number of nitrogens with one attached hydrogen (secondary N) is 1. The van der Waals surface area contributed by atoms with Crippen molar-refractivity contribution in [3.8, 4) is 11.8 Å². The lowest BCUT2D eigenvalue weighted by Gasteiger charge is -2.31. The van der Waals surface area contributed by atoms with Crippen molar-refractivity contribution < 1.29 is 38.9 Å². The summed E-state index contributed by atoms with van der Waals surface area (Å²) in [4.78, 5) is 53.7. The van der Waals surface area contributed by atoms with Gasteiger partial charge in [-0.15, -0.1) is 0 Å². The Morgan fingerprint density at radius 2 is 1.53 bits per heavy atom. The van der Waals surface area contributed by atoms with Gasteiger partial charge in [-0.3, -0.25) is 24.5 Å². The highest BCUT2D eigenvalue weighted by Gasteiger charge is 2.41. The highest BCUT2D eigenvalue weighted by molar-refractivity contribution is 6.00. The smallest absolute Gasteiger partial charge is 0.358 e. The lowest BCUT2D eigenvalue weighted by Crippen LogP contribution is -2.49. The van der Waals surface area contributed by atoms with Crippen LogP contribution in [0.25, 0.3) is 0 Å². The molecule has 1 unspecified atom stereocenters. The van der Waals surface area contributed by atoms with E-state index in [2.05, 4.69) is 0 Å². The van der Waals surface area contributed by atoms with E-state index in [0.717, 1.165) is 16.4 Å². The number of ether oxygens (including phenoxy) is 2. The predicted molar refractivity (Wildman–Crippen MR) is 165 cm³/mol. The number of rotatable bonds is 12. The fourth-order valence-electron chi connectivity index (χ4n) is 4.87. The summed E-state index contributed by atoms with van der Waals surface area (Å²) in [5.41, 5.74) is 13.2. The van der Waals surface area contributed by atoms with E-state index in [1.807, 2.05) is 0 Å². The molecule has 240 valence electrons. The van der Waals surface area contributed by atoms with E-state index < -0.39 is 65.7 Å². The number of nitrogens with two attached hydrogens (primary N) is 2. The van der Waals surface area contributed by atoms with Gasteiger partial charge in [0.2, 0.25) is 12.1 Å². The van der Waals surface area contributed by atoms with Crippen LogP contribution in [0.3, 0.4) is 0 Å². The maximum atomic E-state index is 13.8. The Hall–Kier alpha value is -5.17. The van der Waals surface area contributed by atoms with Crippen LogP contribution in [0.1, 0.15) is 57.5 Å². The molecule has 13 nitrogen and oxygen atoms in total. The molecule has 13 heteroatoms. The summed E-state index contributed by atoms with van der Waals surface area (Å²) in [7, 11) is 0. The van der Waals surface area contributed by atoms with Crippen LogP contribution in [-0.4, -0.2) is 56.6 Å². The molecule has 2 aromatic carbocycles. The molecule has 0 saturated carbocycles. The number of nitrogen functional groups attached to an aromatic ring is 1. The average molecular weight is 622 g/mol. The summed E-state index contributed by atoms with van der Waals surface area (Å²) in [5, 5.41) is 29.9. The molecule has 0 fully saturated rings. The number of anilines is 1. The van der Waals surface area contributed by atoms with Gasteiger partial charge in [-0.1, -0.05) is 56.3 Å². The second-order valence-corrected chi connectivity index (χ2v) is 11.1. The van der Waals surface area contributed by atoms with E-state index in [1.54, 1.807) is 70.2 Å². The number of aromatic nitrogens is 1. The summed E-state index contributed by atoms with van der Waals surface area (Å²) in [5.74, 6) is -6.98. The van der Waals surface area contributed by atoms with Gasteiger partial charge in [0.05, 0.1) is 12.0 Å². The molecule has 0 aliphatic heterocycles. The van der Waals surface area contributed by atoms with E-state index in [4.69, 9.17) is 26.4 Å². The highest BCUT2D eigenvalue weighted by atomic mass is 16.6. The first-order valence-corrected chi connectivity index (χ1v) is 14.3. The molecule has 1 aromatic heterocycles. The van der Waals surface area contributed by atoms with Crippen LogP contribution in [0.4, 0.5) is 5.69 Å². The molecule has 0 saturated heterocycles. The first-order chi connectivity index (χ1) is 21.1. The van der Waals surface area contributed by atoms with E-state index >= 15 is 0 Å². The number of carbonyl (C=O) groups excluding carboxylic acids is 4. The number of amides is 1. The van der Waals surface area contributed by atoms with Crippen molar-refractivity contribution in [2.24, 2.45) is 23.3 Å². The highest BCUT2D eigenvalue weighted by Crippen LogP contribution is 2.37. The number of para-hydroxylation sites is 1. The van der Waals surface area contributed by atoms with E-state index in [-0.39, 0.29) is 23.5 Å². The average Bonchev–Trinajstić information content (AvgIpc) is 3.23. The van der Waals surface area contributed by atoms with Crippen molar-refractivity contribution >= 4 is 35.3 Å². The molecule has 3 atom stereocenters. The molecule has 0 radical (unpaired) electrons. The quantitative estimate of drug-likeness (QED) is 0.0863. The maximum Gasteiger partial charge on any atom is 0.358 e. The van der Waals surface area contributed by atoms with Gasteiger partial charge in [0.15, 0.2) is 11.8 Å². The molecule has 0 spiro atoms. The lowest BCUT2D eigenvalue weighted by atomic mass is 9.89. The zero-order valence-electron chi connectivity index (χ0n) is 25.8. The monoisotopic (exact) mass is 621 g/mol. The molecule has 0 bridgehead atoms. The van der Waals surface area contributed by atoms with Gasteiger partial charge in [-0.2, -0.15) is 0 Å². The molecule has 0 aliphatic carbocycles. The molecule has 3 aromatic rings. The summed E-state index contributed by atoms with van der Waals surface area (Å²) < 4.78 is 11.2. The van der Waals surface area contributed by atoms with Crippen molar-refractivity contribution in [2.45, 2.75) is 59.4 Å². The Bertz CT molecular complexity index is 1550. The minimum Gasteiger partial charge on any atom is -0.494 e. The van der Waals surface area contributed by atoms with Gasteiger partial charge >= 0.3 is 17.9 Å². The molecular weight excluding hydrogens is 582 g/mol. The Kier molecular flexibility index (Phi) is 11.1. The first kappa shape index (κ1) is 34.3. The molecule has 45 heavy (non-hydrogen) atoms. The van der Waals surface area contributed by atoms with Gasteiger partial charge in [0, 0.05) is 36.2 Å². The second kappa shape index (κ2) is 14.5. The molecule has 7 N–H and O–H groups in total. The van der Waals surface area contributed by atoms with Crippen LogP contribution in [0.5, 0.6) is 11.8 Å². The fraction of sp³-hybridized carbons (Fsp3) is 0.344. The van der Waals surface area contributed by atoms with Gasteiger partial charge in [0.1, 0.15) is 11.9 Å². The normalized spacial score (nSPS) is 13.2. The van der Waals surface area contributed by atoms with Crippen molar-refractivity contribution in [2.75, 3.05) is 4.90 Å². The Morgan fingerprint density at radius 3 is 2.04 bits per heavy atom. The van der Waals surface area contributed by atoms with Crippen LogP contribution >= 0.6 is 0 Å². The zero-order chi connectivity index (χ0) is 33.6. The third-order valence-corrected chi connectivity index (χ3v) is 7.00. The maximum absolute atomic E-state index is 13.8. The summed E-state index contributed by atoms with van der Waals surface area (Å²) in [6.07, 6.45) is -2.31. The number of hydrogen-bond donors (Lipinski definition) is 5. The van der Waals surface area contributed by atoms with Gasteiger partial charge in [-0.05, 0) is 37.5 Å². The Labute approximate surface area is 260 Å². The summed E-state index contributed by atoms with van der Waals surface area (Å²) >= 11 is 0. The minimum atomic E-state index is -1.91. The van der Waals surface area contributed by atoms with Crippen LogP contribution in [0, 0.1) is 17.2 Å². The van der Waals surface area contributed by atoms with E-state index in [9.17, 15) is 29.4 Å². The van der Waals surface area contributed by atoms with Crippen molar-refractivity contribution in [3.05, 3.63) is 77.4 Å². The van der Waals surface area contributed by atoms with Crippen LogP contribution < -0.4 is 16.4 Å². The van der Waals surface area contributed by atoms with Crippen LogP contribution in [0.2, 0.25) is 0 Å². The van der Waals surface area contributed by atoms with Gasteiger partial charge in [-0.25, -0.2) is 9.59 Å². The Balaban J connectivity index is 2.05. The number of esters is 3. The van der Waals surface area contributed by atoms with E-state index in [0.29, 0.717) is 11.1 Å². The standard InChI is InChI=1S/C32H39N5O8/c1-17(2)25(30(41)44-18(3)4)26(33)31(42)45-32(43)28(36(19(5)38)23-9-7-6-8-10-23)37-24(39)16-22(29(37)40)15-20-11-13-21(14-12-20)27(34)35/h6-14,16-18,25-26,28,39-40H,15,33H2,1-5H3,(H3,34,35)/t25?,26-,28-/m0/s1. The van der Waals surface area contributed by atoms with Crippen LogP contribution in [0.15, 0.2) is 60.7 Å². The third-order valence-electron chi connectivity index (χ3n) is 7.00. The SMILES string of the molecule is CC(=O)N(c1ccccc1)[C@H](C(=O)OC(=O)[C@@H](N)C(C(=O)OC(C)C)C(C)C)n1c(O)cc(Cc2ccc(C(=N)N)cc2)c1O.